The van der Waals surface area contributed by atoms with E-state index in [2.05, 4.69) is 0 Å². The average Bonchev–Trinajstić information content (AvgIpc) is 3.01. The van der Waals surface area contributed by atoms with E-state index >= 15 is 0 Å². The summed E-state index contributed by atoms with van der Waals surface area (Å²) >= 11 is 5.82. The molecule has 2 atom stereocenters. The fraction of sp³-hybridized carbons (Fsp3) is 0.278. The van der Waals surface area contributed by atoms with Gasteiger partial charge in [0.2, 0.25) is 10.0 Å². The molecule has 1 unspecified atom stereocenters. The lowest BCUT2D eigenvalue weighted by molar-refractivity contribution is -0.0640. The van der Waals surface area contributed by atoms with Crippen LogP contribution in [0.1, 0.15) is 5.56 Å². The van der Waals surface area contributed by atoms with E-state index in [1.807, 2.05) is 0 Å². The number of benzene rings is 2. The van der Waals surface area contributed by atoms with Crippen molar-refractivity contribution in [1.29, 1.82) is 5.26 Å². The number of ether oxygens (including phenoxy) is 1. The molecule has 1 heterocycles. The Bertz CT molecular complexity index is 1030. The highest BCUT2D eigenvalue weighted by Crippen LogP contribution is 2.32. The molecule has 7 nitrogen and oxygen atoms in total. The molecule has 0 radical (unpaired) electrons. The Morgan fingerprint density at radius 3 is 2.61 bits per heavy atom. The predicted octanol–water partition coefficient (Wildman–Crippen LogP) is 1.53. The van der Waals surface area contributed by atoms with Crippen LogP contribution in [0.5, 0.6) is 5.75 Å². The van der Waals surface area contributed by atoms with Gasteiger partial charge in [0.25, 0.3) is 0 Å². The summed E-state index contributed by atoms with van der Waals surface area (Å²) in [4.78, 5) is -0.385. The van der Waals surface area contributed by atoms with Crippen LogP contribution in [0.25, 0.3) is 0 Å². The number of hydrogen-bond donors (Lipinski definition) is 2. The third-order valence-electron chi connectivity index (χ3n) is 4.46. The second-order valence-corrected chi connectivity index (χ2v) is 8.71. The van der Waals surface area contributed by atoms with Gasteiger partial charge >= 0.3 is 0 Å². The summed E-state index contributed by atoms with van der Waals surface area (Å²) in [7, 11) is -4.24. The zero-order valence-corrected chi connectivity index (χ0v) is 16.0. The third-order valence-corrected chi connectivity index (χ3v) is 6.59. The second-order valence-electron chi connectivity index (χ2n) is 6.37. The molecule has 28 heavy (non-hydrogen) atoms. The molecule has 1 aliphatic rings. The number of halogens is 2. The van der Waals surface area contributed by atoms with Gasteiger partial charge in [-0.05, 0) is 42.5 Å². The number of hydrogen-bond acceptors (Lipinski definition) is 6. The Kier molecular flexibility index (Phi) is 5.61. The highest BCUT2D eigenvalue weighted by atomic mass is 35.5. The van der Waals surface area contributed by atoms with E-state index in [-0.39, 0.29) is 17.0 Å². The molecular formula is C18H16ClFN2O5S. The average molecular weight is 427 g/mol. The van der Waals surface area contributed by atoms with Crippen LogP contribution in [0, 0.1) is 17.1 Å². The van der Waals surface area contributed by atoms with Crippen molar-refractivity contribution in [3.8, 4) is 11.8 Å². The van der Waals surface area contributed by atoms with Crippen molar-refractivity contribution in [1.82, 2.24) is 4.31 Å². The maximum atomic E-state index is 13.3. The molecule has 1 saturated heterocycles. The van der Waals surface area contributed by atoms with Gasteiger partial charge in [0.15, 0.2) is 0 Å². The van der Waals surface area contributed by atoms with Crippen molar-refractivity contribution in [2.75, 3.05) is 19.7 Å². The number of rotatable bonds is 5. The number of nitrogens with zero attached hydrogens (tertiary/aromatic N) is 2. The first-order chi connectivity index (χ1) is 13.2. The van der Waals surface area contributed by atoms with Crippen molar-refractivity contribution in [2.45, 2.75) is 16.6 Å². The largest absolute Gasteiger partial charge is 0.486 e. The Balaban J connectivity index is 1.91. The van der Waals surface area contributed by atoms with Crippen molar-refractivity contribution < 1.29 is 27.8 Å². The highest BCUT2D eigenvalue weighted by Gasteiger charge is 2.51. The van der Waals surface area contributed by atoms with Crippen molar-refractivity contribution in [2.24, 2.45) is 0 Å². The molecule has 10 heteroatoms. The van der Waals surface area contributed by atoms with Gasteiger partial charge in [-0.25, -0.2) is 12.8 Å². The molecule has 148 valence electrons. The van der Waals surface area contributed by atoms with Crippen LogP contribution in [0.2, 0.25) is 5.02 Å². The molecule has 0 aromatic heterocycles. The van der Waals surface area contributed by atoms with Crippen LogP contribution in [0.15, 0.2) is 47.4 Å². The highest BCUT2D eigenvalue weighted by molar-refractivity contribution is 7.89. The van der Waals surface area contributed by atoms with Gasteiger partial charge in [0, 0.05) is 11.6 Å². The fourth-order valence-corrected chi connectivity index (χ4v) is 4.69. The molecule has 2 N–H and O–H groups in total. The van der Waals surface area contributed by atoms with Crippen molar-refractivity contribution in [3.63, 3.8) is 0 Å². The van der Waals surface area contributed by atoms with Crippen LogP contribution >= 0.6 is 11.6 Å². The molecular weight excluding hydrogens is 411 g/mol. The summed E-state index contributed by atoms with van der Waals surface area (Å²) in [5.74, 6) is -0.409. The molecule has 0 saturated carbocycles. The summed E-state index contributed by atoms with van der Waals surface area (Å²) in [5.41, 5.74) is -2.21. The van der Waals surface area contributed by atoms with Gasteiger partial charge < -0.3 is 14.9 Å². The molecule has 2 aromatic rings. The monoisotopic (exact) mass is 426 g/mol. The Labute approximate surface area is 166 Å². The summed E-state index contributed by atoms with van der Waals surface area (Å²) < 4.78 is 45.8. The van der Waals surface area contributed by atoms with Gasteiger partial charge in [0.1, 0.15) is 34.2 Å². The first kappa shape index (κ1) is 20.5. The lowest BCUT2D eigenvalue weighted by atomic mass is 10.0. The molecule has 1 aliphatic heterocycles. The van der Waals surface area contributed by atoms with E-state index in [1.165, 1.54) is 0 Å². The number of β-amino-alcohol motifs (C(OH)–C–C–N with tert-alkyl or cyclic N) is 1. The molecule has 3 rings (SSSR count). The van der Waals surface area contributed by atoms with E-state index < -0.39 is 40.7 Å². The van der Waals surface area contributed by atoms with Gasteiger partial charge in [0.05, 0.1) is 18.7 Å². The van der Waals surface area contributed by atoms with Crippen LogP contribution in [-0.2, 0) is 10.0 Å². The summed E-state index contributed by atoms with van der Waals surface area (Å²) in [6, 6.07) is 10.6. The number of aliphatic hydroxyl groups is 2. The first-order valence-corrected chi connectivity index (χ1v) is 9.97. The first-order valence-electron chi connectivity index (χ1n) is 8.15. The molecule has 0 aliphatic carbocycles. The van der Waals surface area contributed by atoms with Crippen LogP contribution < -0.4 is 4.74 Å². The van der Waals surface area contributed by atoms with E-state index in [9.17, 15) is 23.0 Å². The zero-order chi connectivity index (χ0) is 20.5. The lowest BCUT2D eigenvalue weighted by Crippen LogP contribution is -2.48. The zero-order valence-electron chi connectivity index (χ0n) is 14.4. The third kappa shape index (κ3) is 3.83. The van der Waals surface area contributed by atoms with Crippen LogP contribution in [-0.4, -0.2) is 54.3 Å². The standard InChI is InChI=1S/C18H16ClFN2O5S/c19-13-1-4-15(5-2-13)27-17-9-22(10-18(17,24)11-23)28(25,26)16-6-3-14(20)7-12(16)8-21/h1-7,17,23-24H,9-11H2/t17?,18-/m1/s1. The predicted molar refractivity (Wildman–Crippen MR) is 97.8 cm³/mol. The minimum absolute atomic E-state index is 0.274. The summed E-state index contributed by atoms with van der Waals surface area (Å²) in [6.07, 6.45) is -1.07. The van der Waals surface area contributed by atoms with Gasteiger partial charge in [-0.1, -0.05) is 11.6 Å². The maximum absolute atomic E-state index is 13.3. The number of aliphatic hydroxyl groups excluding tert-OH is 1. The molecule has 0 amide bonds. The minimum Gasteiger partial charge on any atom is -0.486 e. The van der Waals surface area contributed by atoms with E-state index in [1.54, 1.807) is 30.3 Å². The fourth-order valence-electron chi connectivity index (χ4n) is 2.94. The molecule has 2 aromatic carbocycles. The smallest absolute Gasteiger partial charge is 0.244 e. The number of nitriles is 1. The quantitative estimate of drug-likeness (QED) is 0.750. The van der Waals surface area contributed by atoms with Crippen molar-refractivity contribution in [3.05, 3.63) is 58.9 Å². The molecule has 1 fully saturated rings. The van der Waals surface area contributed by atoms with Gasteiger partial charge in [-0.3, -0.25) is 0 Å². The Morgan fingerprint density at radius 1 is 1.32 bits per heavy atom. The van der Waals surface area contributed by atoms with Crippen molar-refractivity contribution >= 4 is 21.6 Å². The van der Waals surface area contributed by atoms with Gasteiger partial charge in [-0.2, -0.15) is 9.57 Å². The number of sulfonamides is 1. The van der Waals surface area contributed by atoms with E-state index in [0.29, 0.717) is 10.8 Å². The Morgan fingerprint density at radius 2 is 2.00 bits per heavy atom. The summed E-state index contributed by atoms with van der Waals surface area (Å²) in [6.45, 7) is -1.47. The maximum Gasteiger partial charge on any atom is 0.244 e. The normalized spacial score (nSPS) is 22.8. The Hall–Kier alpha value is -2.22. The SMILES string of the molecule is N#Cc1cc(F)ccc1S(=O)(=O)N1CC(Oc2ccc(Cl)cc2)[C@](O)(CO)C1. The van der Waals surface area contributed by atoms with Crippen LogP contribution in [0.3, 0.4) is 0 Å². The van der Waals surface area contributed by atoms with E-state index in [0.717, 1.165) is 22.5 Å². The minimum atomic E-state index is -4.24. The molecule has 0 bridgehead atoms. The lowest BCUT2D eigenvalue weighted by Gasteiger charge is -2.27. The second kappa shape index (κ2) is 7.66. The van der Waals surface area contributed by atoms with E-state index in [4.69, 9.17) is 21.6 Å². The topological polar surface area (TPSA) is 111 Å². The summed E-state index contributed by atoms with van der Waals surface area (Å²) in [5, 5.41) is 29.9. The van der Waals surface area contributed by atoms with Gasteiger partial charge in [-0.15, -0.1) is 0 Å². The van der Waals surface area contributed by atoms with Crippen LogP contribution in [0.4, 0.5) is 4.39 Å². The molecule has 0 spiro atoms.